The Morgan fingerprint density at radius 2 is 2.25 bits per heavy atom. The average Bonchev–Trinajstić information content (AvgIpc) is 2.25. The fourth-order valence-electron chi connectivity index (χ4n) is 1.12. The molecule has 0 aliphatic heterocycles. The van der Waals surface area contributed by atoms with Crippen LogP contribution < -0.4 is 10.1 Å². The highest BCUT2D eigenvalue weighted by Crippen LogP contribution is 2.28. The van der Waals surface area contributed by atoms with Gasteiger partial charge in [-0.05, 0) is 6.07 Å². The number of nitro benzene ring substituents is 1. The van der Waals surface area contributed by atoms with Gasteiger partial charge in [0, 0.05) is 19.2 Å². The van der Waals surface area contributed by atoms with Gasteiger partial charge in [-0.15, -0.1) is 0 Å². The van der Waals surface area contributed by atoms with E-state index in [0.717, 1.165) is 0 Å². The molecule has 0 aromatic heterocycles. The molecule has 1 N–H and O–H groups in total. The van der Waals surface area contributed by atoms with Crippen LogP contribution in [0.1, 0.15) is 0 Å². The predicted molar refractivity (Wildman–Crippen MR) is 54.1 cm³/mol. The van der Waals surface area contributed by atoms with Crippen molar-refractivity contribution in [1.82, 2.24) is 0 Å². The second-order valence-corrected chi connectivity index (χ2v) is 2.89. The molecular weight excluding hydrogens is 222 g/mol. The van der Waals surface area contributed by atoms with Crippen LogP contribution >= 0.6 is 0 Å². The number of rotatable bonds is 5. The summed E-state index contributed by atoms with van der Waals surface area (Å²) in [5.74, 6) is 0.162. The van der Waals surface area contributed by atoms with E-state index in [-0.39, 0.29) is 17.1 Å². The highest BCUT2D eigenvalue weighted by atomic mass is 19.3. The molecule has 0 saturated heterocycles. The highest BCUT2D eigenvalue weighted by Gasteiger charge is 2.13. The molecule has 0 amide bonds. The first kappa shape index (κ1) is 12.2. The lowest BCUT2D eigenvalue weighted by Gasteiger charge is -2.07. The third-order valence-corrected chi connectivity index (χ3v) is 1.81. The zero-order chi connectivity index (χ0) is 12.1. The van der Waals surface area contributed by atoms with Crippen molar-refractivity contribution < 1.29 is 18.4 Å². The second-order valence-electron chi connectivity index (χ2n) is 2.89. The minimum atomic E-state index is -2.58. The second kappa shape index (κ2) is 5.24. The Hall–Kier alpha value is -1.92. The Kier molecular flexibility index (Phi) is 3.98. The molecule has 1 rings (SSSR count). The van der Waals surface area contributed by atoms with Crippen LogP contribution in [0.2, 0.25) is 0 Å². The maximum atomic E-state index is 11.9. The fraction of sp³-hybridized carbons (Fsp3) is 0.333. The summed E-state index contributed by atoms with van der Waals surface area (Å²) in [7, 11) is 1.50. The van der Waals surface area contributed by atoms with Crippen molar-refractivity contribution in [3.05, 3.63) is 28.3 Å². The van der Waals surface area contributed by atoms with Gasteiger partial charge < -0.3 is 10.1 Å². The molecule has 7 heteroatoms. The van der Waals surface area contributed by atoms with Crippen molar-refractivity contribution in [3.8, 4) is 5.75 Å². The van der Waals surface area contributed by atoms with Crippen molar-refractivity contribution in [2.45, 2.75) is 6.43 Å². The van der Waals surface area contributed by atoms with E-state index in [1.54, 1.807) is 0 Å². The van der Waals surface area contributed by atoms with Gasteiger partial charge in [-0.1, -0.05) is 0 Å². The van der Waals surface area contributed by atoms with Crippen molar-refractivity contribution in [2.24, 2.45) is 0 Å². The molecule has 0 radical (unpaired) electrons. The number of ether oxygens (including phenoxy) is 1. The Balaban J connectivity index is 2.86. The molecule has 0 saturated carbocycles. The molecular formula is C9H10F2N2O3. The van der Waals surface area contributed by atoms with Crippen LogP contribution in [-0.2, 0) is 0 Å². The van der Waals surface area contributed by atoms with Gasteiger partial charge in [0.1, 0.15) is 18.0 Å². The molecule has 1 aromatic carbocycles. The SMILES string of the molecule is CNc1cc(OCC(F)F)ccc1[N+](=O)[O-]. The standard InChI is InChI=1S/C9H10F2N2O3/c1-12-7-4-6(16-5-9(10)11)2-3-8(7)13(14)15/h2-4,9,12H,5H2,1H3. The van der Waals surface area contributed by atoms with Gasteiger partial charge in [0.25, 0.3) is 12.1 Å². The normalized spacial score (nSPS) is 10.2. The van der Waals surface area contributed by atoms with E-state index in [0.29, 0.717) is 0 Å². The monoisotopic (exact) mass is 232 g/mol. The van der Waals surface area contributed by atoms with Gasteiger partial charge in [-0.2, -0.15) is 0 Å². The number of alkyl halides is 2. The van der Waals surface area contributed by atoms with Crippen LogP contribution in [-0.4, -0.2) is 25.0 Å². The van der Waals surface area contributed by atoms with Crippen LogP contribution in [0.25, 0.3) is 0 Å². The van der Waals surface area contributed by atoms with Gasteiger partial charge >= 0.3 is 0 Å². The molecule has 5 nitrogen and oxygen atoms in total. The van der Waals surface area contributed by atoms with E-state index in [4.69, 9.17) is 4.74 Å². The maximum Gasteiger partial charge on any atom is 0.292 e. The van der Waals surface area contributed by atoms with Gasteiger partial charge in [-0.25, -0.2) is 8.78 Å². The molecule has 16 heavy (non-hydrogen) atoms. The van der Waals surface area contributed by atoms with Gasteiger partial charge in [0.15, 0.2) is 0 Å². The summed E-state index contributed by atoms with van der Waals surface area (Å²) in [6.07, 6.45) is -2.58. The summed E-state index contributed by atoms with van der Waals surface area (Å²) in [6.45, 7) is -0.735. The number of benzene rings is 1. The summed E-state index contributed by atoms with van der Waals surface area (Å²) in [4.78, 5) is 10.00. The molecule has 0 bridgehead atoms. The molecule has 0 heterocycles. The third kappa shape index (κ3) is 3.04. The number of halogens is 2. The molecule has 0 unspecified atom stereocenters. The molecule has 1 aromatic rings. The Morgan fingerprint density at radius 3 is 2.75 bits per heavy atom. The summed E-state index contributed by atoms with van der Waals surface area (Å²) in [5.41, 5.74) is 0.0867. The molecule has 0 aliphatic carbocycles. The molecule has 0 aliphatic rings. The number of anilines is 1. The Labute approximate surface area is 90.2 Å². The molecule has 0 atom stereocenters. The number of hydrogen-bond donors (Lipinski definition) is 1. The highest BCUT2D eigenvalue weighted by molar-refractivity contribution is 5.63. The van der Waals surface area contributed by atoms with Crippen LogP contribution in [0.4, 0.5) is 20.2 Å². The van der Waals surface area contributed by atoms with E-state index in [9.17, 15) is 18.9 Å². The topological polar surface area (TPSA) is 64.4 Å². The third-order valence-electron chi connectivity index (χ3n) is 1.81. The predicted octanol–water partition coefficient (Wildman–Crippen LogP) is 2.28. The van der Waals surface area contributed by atoms with E-state index in [1.807, 2.05) is 0 Å². The first-order valence-electron chi connectivity index (χ1n) is 4.41. The zero-order valence-corrected chi connectivity index (χ0v) is 8.44. The van der Waals surface area contributed by atoms with E-state index in [1.165, 1.54) is 25.2 Å². The average molecular weight is 232 g/mol. The van der Waals surface area contributed by atoms with Crippen molar-refractivity contribution in [1.29, 1.82) is 0 Å². The van der Waals surface area contributed by atoms with Gasteiger partial charge in [0.05, 0.1) is 4.92 Å². The van der Waals surface area contributed by atoms with Crippen molar-refractivity contribution >= 4 is 11.4 Å². The van der Waals surface area contributed by atoms with Crippen LogP contribution in [0, 0.1) is 10.1 Å². The minimum absolute atomic E-state index is 0.133. The quantitative estimate of drug-likeness (QED) is 0.624. The smallest absolute Gasteiger partial charge is 0.292 e. The minimum Gasteiger partial charge on any atom is -0.488 e. The Bertz CT molecular complexity index is 385. The lowest BCUT2D eigenvalue weighted by Crippen LogP contribution is -2.07. The summed E-state index contributed by atoms with van der Waals surface area (Å²) < 4.78 is 28.5. The van der Waals surface area contributed by atoms with Gasteiger partial charge in [-0.3, -0.25) is 10.1 Å². The lowest BCUT2D eigenvalue weighted by atomic mass is 10.2. The largest absolute Gasteiger partial charge is 0.488 e. The summed E-state index contributed by atoms with van der Waals surface area (Å²) in [5, 5.41) is 13.2. The van der Waals surface area contributed by atoms with E-state index < -0.39 is 18.0 Å². The van der Waals surface area contributed by atoms with Gasteiger partial charge in [0.2, 0.25) is 0 Å². The van der Waals surface area contributed by atoms with E-state index >= 15 is 0 Å². The fourth-order valence-corrected chi connectivity index (χ4v) is 1.12. The van der Waals surface area contributed by atoms with Crippen LogP contribution in [0.15, 0.2) is 18.2 Å². The van der Waals surface area contributed by atoms with Crippen LogP contribution in [0.3, 0.4) is 0 Å². The maximum absolute atomic E-state index is 11.9. The molecule has 0 spiro atoms. The van der Waals surface area contributed by atoms with Crippen LogP contribution in [0.5, 0.6) is 5.75 Å². The van der Waals surface area contributed by atoms with E-state index in [2.05, 4.69) is 5.32 Å². The van der Waals surface area contributed by atoms with Crippen molar-refractivity contribution in [2.75, 3.05) is 19.0 Å². The number of nitrogens with one attached hydrogen (secondary N) is 1. The first-order chi connectivity index (χ1) is 7.54. The summed E-state index contributed by atoms with van der Waals surface area (Å²) >= 11 is 0. The number of hydrogen-bond acceptors (Lipinski definition) is 4. The lowest BCUT2D eigenvalue weighted by molar-refractivity contribution is -0.384. The van der Waals surface area contributed by atoms with Crippen molar-refractivity contribution in [3.63, 3.8) is 0 Å². The first-order valence-corrected chi connectivity index (χ1v) is 4.41. The molecule has 0 fully saturated rings. The number of nitro groups is 1. The molecule has 88 valence electrons. The number of nitrogens with zero attached hydrogens (tertiary/aromatic N) is 1. The zero-order valence-electron chi connectivity index (χ0n) is 8.44. The Morgan fingerprint density at radius 1 is 1.56 bits per heavy atom. The summed E-state index contributed by atoms with van der Waals surface area (Å²) in [6, 6.07) is 3.79.